The first-order chi connectivity index (χ1) is 14.6. The van der Waals surface area contributed by atoms with Crippen LogP contribution in [-0.4, -0.2) is 62.9 Å². The molecule has 2 N–H and O–H groups in total. The molecule has 1 aliphatic rings. The van der Waals surface area contributed by atoms with Crippen molar-refractivity contribution in [3.05, 3.63) is 47.2 Å². The number of amides is 1. The number of aliphatic hydroxyl groups excluding tert-OH is 1. The molecule has 0 saturated carbocycles. The van der Waals surface area contributed by atoms with Crippen molar-refractivity contribution < 1.29 is 14.6 Å². The molecule has 1 amide bonds. The molecule has 0 aliphatic carbocycles. The first-order valence-electron chi connectivity index (χ1n) is 9.71. The van der Waals surface area contributed by atoms with Crippen LogP contribution in [0.1, 0.15) is 24.5 Å². The normalized spacial score (nSPS) is 14.7. The van der Waals surface area contributed by atoms with Crippen LogP contribution in [0, 0.1) is 0 Å². The van der Waals surface area contributed by atoms with Crippen molar-refractivity contribution >= 4 is 17.5 Å². The summed E-state index contributed by atoms with van der Waals surface area (Å²) >= 11 is 6.06. The van der Waals surface area contributed by atoms with Gasteiger partial charge in [0, 0.05) is 47.0 Å². The highest BCUT2D eigenvalue weighted by Crippen LogP contribution is 2.39. The molecular formula is C21H22ClN5O3. The zero-order valence-electron chi connectivity index (χ0n) is 16.5. The van der Waals surface area contributed by atoms with Gasteiger partial charge in [0.15, 0.2) is 0 Å². The molecule has 30 heavy (non-hydrogen) atoms. The SMILES string of the molecule is COc1nccc(-c2c(-c3ccc(Cl)cc3)n[nH]c2C2CCN(C(=O)CO)CC2)n1. The summed E-state index contributed by atoms with van der Waals surface area (Å²) < 4.78 is 5.21. The van der Waals surface area contributed by atoms with Crippen molar-refractivity contribution in [2.75, 3.05) is 26.8 Å². The van der Waals surface area contributed by atoms with Crippen LogP contribution < -0.4 is 4.74 Å². The smallest absolute Gasteiger partial charge is 0.316 e. The van der Waals surface area contributed by atoms with E-state index in [2.05, 4.69) is 20.2 Å². The van der Waals surface area contributed by atoms with Gasteiger partial charge >= 0.3 is 6.01 Å². The number of nitrogens with one attached hydrogen (secondary N) is 1. The van der Waals surface area contributed by atoms with E-state index in [9.17, 15) is 4.79 Å². The quantitative estimate of drug-likeness (QED) is 0.648. The highest BCUT2D eigenvalue weighted by molar-refractivity contribution is 6.30. The Morgan fingerprint density at radius 1 is 1.27 bits per heavy atom. The number of benzene rings is 1. The van der Waals surface area contributed by atoms with Crippen LogP contribution >= 0.6 is 11.6 Å². The summed E-state index contributed by atoms with van der Waals surface area (Å²) in [5.41, 5.74) is 4.27. The third-order valence-corrected chi connectivity index (χ3v) is 5.63. The van der Waals surface area contributed by atoms with Gasteiger partial charge in [-0.1, -0.05) is 23.7 Å². The van der Waals surface area contributed by atoms with Crippen LogP contribution in [0.25, 0.3) is 22.5 Å². The lowest BCUT2D eigenvalue weighted by Gasteiger charge is -2.31. The van der Waals surface area contributed by atoms with Gasteiger partial charge in [-0.15, -0.1) is 0 Å². The summed E-state index contributed by atoms with van der Waals surface area (Å²) in [6.07, 6.45) is 3.19. The Hall–Kier alpha value is -2.97. The van der Waals surface area contributed by atoms with Crippen molar-refractivity contribution in [1.29, 1.82) is 0 Å². The van der Waals surface area contributed by atoms with Gasteiger partial charge < -0.3 is 14.7 Å². The fourth-order valence-electron chi connectivity index (χ4n) is 3.82. The lowest BCUT2D eigenvalue weighted by molar-refractivity contribution is -0.135. The fourth-order valence-corrected chi connectivity index (χ4v) is 3.95. The molecule has 2 aromatic heterocycles. The number of nitrogens with zero attached hydrogens (tertiary/aromatic N) is 4. The number of aromatic amines is 1. The van der Waals surface area contributed by atoms with Crippen molar-refractivity contribution in [1.82, 2.24) is 25.1 Å². The molecule has 0 bridgehead atoms. The monoisotopic (exact) mass is 427 g/mol. The van der Waals surface area contributed by atoms with E-state index in [-0.39, 0.29) is 17.8 Å². The Morgan fingerprint density at radius 2 is 2.00 bits per heavy atom. The van der Waals surface area contributed by atoms with Crippen molar-refractivity contribution in [2.45, 2.75) is 18.8 Å². The Kier molecular flexibility index (Phi) is 5.96. The van der Waals surface area contributed by atoms with Gasteiger partial charge in [-0.25, -0.2) is 4.98 Å². The molecule has 1 aromatic carbocycles. The molecule has 9 heteroatoms. The highest BCUT2D eigenvalue weighted by atomic mass is 35.5. The van der Waals surface area contributed by atoms with Crippen LogP contribution in [0.4, 0.5) is 0 Å². The van der Waals surface area contributed by atoms with Crippen molar-refractivity contribution in [2.24, 2.45) is 0 Å². The first-order valence-corrected chi connectivity index (χ1v) is 10.1. The van der Waals surface area contributed by atoms with E-state index in [1.165, 1.54) is 7.11 Å². The van der Waals surface area contributed by atoms with E-state index in [4.69, 9.17) is 21.4 Å². The molecule has 3 aromatic rings. The van der Waals surface area contributed by atoms with Gasteiger partial charge in [0.05, 0.1) is 12.8 Å². The summed E-state index contributed by atoms with van der Waals surface area (Å²) in [7, 11) is 1.53. The number of methoxy groups -OCH3 is 1. The fraction of sp³-hybridized carbons (Fsp3) is 0.333. The molecule has 1 saturated heterocycles. The minimum atomic E-state index is -0.457. The average molecular weight is 428 g/mol. The third-order valence-electron chi connectivity index (χ3n) is 5.38. The molecule has 0 spiro atoms. The predicted molar refractivity (Wildman–Crippen MR) is 112 cm³/mol. The van der Waals surface area contributed by atoms with Crippen molar-refractivity contribution in [3.8, 4) is 28.5 Å². The molecule has 1 fully saturated rings. The molecule has 4 rings (SSSR count). The third kappa shape index (κ3) is 4.01. The molecule has 0 atom stereocenters. The van der Waals surface area contributed by atoms with Crippen LogP contribution in [-0.2, 0) is 4.79 Å². The number of carbonyl (C=O) groups excluding carboxylic acids is 1. The molecule has 8 nitrogen and oxygen atoms in total. The molecular weight excluding hydrogens is 406 g/mol. The van der Waals surface area contributed by atoms with E-state index in [0.29, 0.717) is 23.8 Å². The second-order valence-electron chi connectivity index (χ2n) is 7.11. The number of rotatable bonds is 5. The van der Waals surface area contributed by atoms with E-state index < -0.39 is 6.61 Å². The molecule has 3 heterocycles. The predicted octanol–water partition coefficient (Wildman–Crippen LogP) is 2.89. The van der Waals surface area contributed by atoms with Crippen LogP contribution in [0.3, 0.4) is 0 Å². The Labute approximate surface area is 178 Å². The van der Waals surface area contributed by atoms with Crippen LogP contribution in [0.15, 0.2) is 36.5 Å². The first kappa shape index (κ1) is 20.3. The number of H-pyrrole nitrogens is 1. The van der Waals surface area contributed by atoms with Gasteiger partial charge in [0.1, 0.15) is 12.3 Å². The summed E-state index contributed by atoms with van der Waals surface area (Å²) in [5.74, 6) is -0.0575. The maximum Gasteiger partial charge on any atom is 0.316 e. The van der Waals surface area contributed by atoms with E-state index in [0.717, 1.165) is 35.4 Å². The topological polar surface area (TPSA) is 104 Å². The molecule has 0 radical (unpaired) electrons. The summed E-state index contributed by atoms with van der Waals surface area (Å²) in [4.78, 5) is 22.1. The Morgan fingerprint density at radius 3 is 2.67 bits per heavy atom. The number of aliphatic hydroxyl groups is 1. The number of hydrogen-bond acceptors (Lipinski definition) is 6. The average Bonchev–Trinajstić information content (AvgIpc) is 3.24. The Balaban J connectivity index is 1.74. The minimum absolute atomic E-state index is 0.178. The number of ether oxygens (including phenoxy) is 1. The standard InChI is InChI=1S/C21H22ClN5O3/c1-30-21-23-9-6-16(24-21)18-19(13-2-4-15(22)5-3-13)25-26-20(18)14-7-10-27(11-8-14)17(29)12-28/h2-6,9,14,28H,7-8,10-12H2,1H3,(H,25,26). The number of halogens is 1. The Bertz CT molecular complexity index is 1030. The maximum absolute atomic E-state index is 11.8. The van der Waals surface area contributed by atoms with E-state index in [1.807, 2.05) is 30.3 Å². The lowest BCUT2D eigenvalue weighted by atomic mass is 9.89. The van der Waals surface area contributed by atoms with Crippen molar-refractivity contribution in [3.63, 3.8) is 0 Å². The number of likely N-dealkylation sites (tertiary alicyclic amines) is 1. The minimum Gasteiger partial charge on any atom is -0.467 e. The van der Waals surface area contributed by atoms with E-state index >= 15 is 0 Å². The maximum atomic E-state index is 11.8. The summed E-state index contributed by atoms with van der Waals surface area (Å²) in [5, 5.41) is 17.6. The van der Waals surface area contributed by atoms with E-state index in [1.54, 1.807) is 11.1 Å². The molecule has 156 valence electrons. The van der Waals surface area contributed by atoms with Gasteiger partial charge in [-0.2, -0.15) is 10.1 Å². The van der Waals surface area contributed by atoms with Gasteiger partial charge in [-0.05, 0) is 31.0 Å². The second kappa shape index (κ2) is 8.81. The highest BCUT2D eigenvalue weighted by Gasteiger charge is 2.29. The van der Waals surface area contributed by atoms with Gasteiger partial charge in [0.2, 0.25) is 5.91 Å². The molecule has 1 aliphatic heterocycles. The van der Waals surface area contributed by atoms with Gasteiger partial charge in [-0.3, -0.25) is 9.89 Å². The van der Waals surface area contributed by atoms with Crippen LogP contribution in [0.2, 0.25) is 5.02 Å². The summed E-state index contributed by atoms with van der Waals surface area (Å²) in [6.45, 7) is 0.721. The largest absolute Gasteiger partial charge is 0.467 e. The number of aromatic nitrogens is 4. The van der Waals surface area contributed by atoms with Gasteiger partial charge in [0.25, 0.3) is 0 Å². The zero-order valence-corrected chi connectivity index (χ0v) is 17.3. The lowest BCUT2D eigenvalue weighted by Crippen LogP contribution is -2.39. The van der Waals surface area contributed by atoms with Crippen LogP contribution in [0.5, 0.6) is 6.01 Å². The zero-order chi connectivity index (χ0) is 21.1. The number of hydrogen-bond donors (Lipinski definition) is 2. The number of piperidine rings is 1. The molecule has 0 unspecified atom stereocenters. The second-order valence-corrected chi connectivity index (χ2v) is 7.55. The summed E-state index contributed by atoms with van der Waals surface area (Å²) in [6, 6.07) is 9.62. The number of carbonyl (C=O) groups is 1.